The highest BCUT2D eigenvalue weighted by Crippen LogP contribution is 2.08. The minimum absolute atomic E-state index is 0.273. The summed E-state index contributed by atoms with van der Waals surface area (Å²) >= 11 is 0. The van der Waals surface area contributed by atoms with Crippen molar-refractivity contribution in [2.75, 3.05) is 17.3 Å². The number of pyridine rings is 1. The second-order valence-corrected chi connectivity index (χ2v) is 5.80. The molecule has 1 heterocycles. The number of hydrogen-bond donors (Lipinski definition) is 2. The number of hydrogen-bond acceptors (Lipinski definition) is 5. The molecule has 16 heavy (non-hydrogen) atoms. The fraction of sp³-hybridized carbons (Fsp3) is 0.333. The number of nitrogens with zero attached hydrogens (tertiary/aromatic N) is 1. The van der Waals surface area contributed by atoms with Gasteiger partial charge in [0.15, 0.2) is 9.84 Å². The summed E-state index contributed by atoms with van der Waals surface area (Å²) < 4.78 is 22.2. The molecule has 1 rings (SSSR count). The van der Waals surface area contributed by atoms with E-state index < -0.39 is 21.0 Å². The van der Waals surface area contributed by atoms with Crippen LogP contribution in [0.25, 0.3) is 0 Å². The van der Waals surface area contributed by atoms with Crippen LogP contribution < -0.4 is 11.1 Å². The molecule has 7 heteroatoms. The van der Waals surface area contributed by atoms with Gasteiger partial charge in [-0.1, -0.05) is 0 Å². The Balaban J connectivity index is 2.76. The molecule has 0 aromatic carbocycles. The van der Waals surface area contributed by atoms with Gasteiger partial charge in [0.1, 0.15) is 11.1 Å². The second-order valence-electron chi connectivity index (χ2n) is 3.44. The number of rotatable bonds is 3. The summed E-state index contributed by atoms with van der Waals surface area (Å²) in [5.41, 5.74) is 5.88. The molecule has 0 aliphatic carbocycles. The zero-order valence-electron chi connectivity index (χ0n) is 8.97. The molecular formula is C9H13N3O3S. The lowest BCUT2D eigenvalue weighted by molar-refractivity contribution is -0.115. The van der Waals surface area contributed by atoms with Gasteiger partial charge in [0.2, 0.25) is 5.91 Å². The summed E-state index contributed by atoms with van der Waals surface area (Å²) in [6.45, 7) is 1.32. The van der Waals surface area contributed by atoms with Crippen molar-refractivity contribution >= 4 is 27.2 Å². The Labute approximate surface area is 93.8 Å². The summed E-state index contributed by atoms with van der Waals surface area (Å²) in [4.78, 5) is 15.3. The Morgan fingerprint density at radius 3 is 2.56 bits per heavy atom. The molecule has 0 fully saturated rings. The van der Waals surface area contributed by atoms with Crippen LogP contribution in [0.1, 0.15) is 6.92 Å². The smallest absolute Gasteiger partial charge is 0.243 e. The Bertz CT molecular complexity index is 481. The Morgan fingerprint density at radius 2 is 2.12 bits per heavy atom. The first-order chi connectivity index (χ1) is 7.30. The van der Waals surface area contributed by atoms with Crippen LogP contribution >= 0.6 is 0 Å². The van der Waals surface area contributed by atoms with E-state index in [2.05, 4.69) is 10.3 Å². The zero-order chi connectivity index (χ0) is 12.3. The number of amides is 1. The van der Waals surface area contributed by atoms with E-state index in [9.17, 15) is 13.2 Å². The van der Waals surface area contributed by atoms with Crippen LogP contribution in [0.2, 0.25) is 0 Å². The molecule has 0 saturated carbocycles. The Kier molecular flexibility index (Phi) is 3.48. The maximum atomic E-state index is 11.5. The number of nitrogens with one attached hydrogen (secondary N) is 1. The number of carbonyl (C=O) groups is 1. The van der Waals surface area contributed by atoms with Crippen LogP contribution in [-0.2, 0) is 14.6 Å². The quantitative estimate of drug-likeness (QED) is 0.780. The van der Waals surface area contributed by atoms with Gasteiger partial charge in [0, 0.05) is 6.26 Å². The van der Waals surface area contributed by atoms with Crippen LogP contribution in [-0.4, -0.2) is 30.8 Å². The molecule has 88 valence electrons. The maximum Gasteiger partial charge on any atom is 0.243 e. The summed E-state index contributed by atoms with van der Waals surface area (Å²) in [5, 5.41) is 1.29. The van der Waals surface area contributed by atoms with E-state index in [1.54, 1.807) is 6.07 Å². The minimum Gasteiger partial charge on any atom is -0.397 e. The maximum absolute atomic E-state index is 11.5. The second kappa shape index (κ2) is 4.48. The molecule has 0 aliphatic rings. The van der Waals surface area contributed by atoms with E-state index in [4.69, 9.17) is 5.73 Å². The van der Waals surface area contributed by atoms with E-state index in [0.29, 0.717) is 5.69 Å². The largest absolute Gasteiger partial charge is 0.397 e. The van der Waals surface area contributed by atoms with Crippen molar-refractivity contribution in [1.82, 2.24) is 4.98 Å². The van der Waals surface area contributed by atoms with Crippen molar-refractivity contribution in [2.45, 2.75) is 12.2 Å². The number of sulfone groups is 1. The van der Waals surface area contributed by atoms with Crippen LogP contribution in [0.4, 0.5) is 11.5 Å². The summed E-state index contributed by atoms with van der Waals surface area (Å²) in [7, 11) is -3.39. The molecule has 1 amide bonds. The molecule has 0 bridgehead atoms. The van der Waals surface area contributed by atoms with Gasteiger partial charge in [-0.15, -0.1) is 0 Å². The van der Waals surface area contributed by atoms with Gasteiger partial charge in [0.25, 0.3) is 0 Å². The van der Waals surface area contributed by atoms with Crippen molar-refractivity contribution in [3.05, 3.63) is 18.3 Å². The lowest BCUT2D eigenvalue weighted by Crippen LogP contribution is -2.32. The number of nitrogens with two attached hydrogens (primary N) is 1. The lowest BCUT2D eigenvalue weighted by Gasteiger charge is -2.09. The molecule has 6 nitrogen and oxygen atoms in total. The van der Waals surface area contributed by atoms with E-state index in [1.807, 2.05) is 0 Å². The van der Waals surface area contributed by atoms with E-state index >= 15 is 0 Å². The third-order valence-electron chi connectivity index (χ3n) is 2.05. The standard InChI is InChI=1S/C9H13N3O3S/c1-6(16(2,14)15)9(13)12-8-4-3-7(10)5-11-8/h3-6H,10H2,1-2H3,(H,11,12,13). The molecule has 0 radical (unpaired) electrons. The first kappa shape index (κ1) is 12.4. The number of anilines is 2. The van der Waals surface area contributed by atoms with Gasteiger partial charge >= 0.3 is 0 Å². The van der Waals surface area contributed by atoms with Crippen LogP contribution in [0, 0.1) is 0 Å². The average Bonchev–Trinajstić information content (AvgIpc) is 2.19. The summed E-state index contributed by atoms with van der Waals surface area (Å²) in [6.07, 6.45) is 2.38. The topological polar surface area (TPSA) is 102 Å². The van der Waals surface area contributed by atoms with Crippen LogP contribution in [0.15, 0.2) is 18.3 Å². The molecule has 0 spiro atoms. The van der Waals surface area contributed by atoms with Crippen LogP contribution in [0.5, 0.6) is 0 Å². The SMILES string of the molecule is CC(C(=O)Nc1ccc(N)cn1)S(C)(=O)=O. The predicted octanol–water partition coefficient (Wildman–Crippen LogP) is 0.0354. The molecule has 3 N–H and O–H groups in total. The van der Waals surface area contributed by atoms with Crippen LogP contribution in [0.3, 0.4) is 0 Å². The average molecular weight is 243 g/mol. The molecule has 1 atom stereocenters. The van der Waals surface area contributed by atoms with E-state index in [-0.39, 0.29) is 5.82 Å². The molecule has 1 aromatic rings. The van der Waals surface area contributed by atoms with Crippen molar-refractivity contribution in [2.24, 2.45) is 0 Å². The van der Waals surface area contributed by atoms with Gasteiger partial charge in [0.05, 0.1) is 11.9 Å². The highest BCUT2D eigenvalue weighted by atomic mass is 32.2. The normalized spacial score (nSPS) is 13.1. The Morgan fingerprint density at radius 1 is 1.50 bits per heavy atom. The molecule has 0 saturated heterocycles. The van der Waals surface area contributed by atoms with E-state index in [0.717, 1.165) is 6.26 Å². The first-order valence-corrected chi connectivity index (χ1v) is 6.47. The fourth-order valence-corrected chi connectivity index (χ4v) is 1.35. The van der Waals surface area contributed by atoms with Gasteiger partial charge < -0.3 is 11.1 Å². The molecule has 0 aliphatic heterocycles. The fourth-order valence-electron chi connectivity index (χ4n) is 0.902. The Hall–Kier alpha value is -1.63. The van der Waals surface area contributed by atoms with Crippen molar-refractivity contribution in [3.63, 3.8) is 0 Å². The summed E-state index contributed by atoms with van der Waals surface area (Å²) in [5.74, 6) is -0.338. The predicted molar refractivity (Wildman–Crippen MR) is 61.6 cm³/mol. The highest BCUT2D eigenvalue weighted by molar-refractivity contribution is 7.92. The molecule has 1 aromatic heterocycles. The monoisotopic (exact) mass is 243 g/mol. The van der Waals surface area contributed by atoms with Gasteiger partial charge in [-0.25, -0.2) is 13.4 Å². The van der Waals surface area contributed by atoms with Crippen molar-refractivity contribution < 1.29 is 13.2 Å². The van der Waals surface area contributed by atoms with Crippen molar-refractivity contribution in [1.29, 1.82) is 0 Å². The highest BCUT2D eigenvalue weighted by Gasteiger charge is 2.23. The third-order valence-corrected chi connectivity index (χ3v) is 3.55. The third kappa shape index (κ3) is 3.20. The first-order valence-electron chi connectivity index (χ1n) is 4.52. The van der Waals surface area contributed by atoms with Crippen molar-refractivity contribution in [3.8, 4) is 0 Å². The zero-order valence-corrected chi connectivity index (χ0v) is 9.78. The van der Waals surface area contributed by atoms with Gasteiger partial charge in [-0.05, 0) is 19.1 Å². The van der Waals surface area contributed by atoms with Gasteiger partial charge in [-0.3, -0.25) is 4.79 Å². The number of carbonyl (C=O) groups excluding carboxylic acids is 1. The molecular weight excluding hydrogens is 230 g/mol. The number of nitrogen functional groups attached to an aromatic ring is 1. The van der Waals surface area contributed by atoms with E-state index in [1.165, 1.54) is 19.2 Å². The number of aromatic nitrogens is 1. The molecule has 1 unspecified atom stereocenters. The van der Waals surface area contributed by atoms with Gasteiger partial charge in [-0.2, -0.15) is 0 Å². The summed E-state index contributed by atoms with van der Waals surface area (Å²) in [6, 6.07) is 3.07. The lowest BCUT2D eigenvalue weighted by atomic mass is 10.4. The minimum atomic E-state index is -3.39.